The Hall–Kier alpha value is -2.40. The lowest BCUT2D eigenvalue weighted by molar-refractivity contribution is -0.192. The number of aromatic nitrogens is 1. The second-order valence-electron chi connectivity index (χ2n) is 9.14. The molecule has 3 N–H and O–H groups in total. The zero-order valence-corrected chi connectivity index (χ0v) is 18.5. The Kier molecular flexibility index (Phi) is 7.84. The molecule has 0 aromatic carbocycles. The lowest BCUT2D eigenvalue weighted by atomic mass is 9.91. The maximum Gasteiger partial charge on any atom is 0.490 e. The molecule has 4 rings (SSSR count). The number of carbonyl (C=O) groups is 2. The van der Waals surface area contributed by atoms with Gasteiger partial charge in [0.05, 0.1) is 0 Å². The number of carboxylic acids is 1. The number of halogens is 3. The summed E-state index contributed by atoms with van der Waals surface area (Å²) in [6.45, 7) is 7.06. The summed E-state index contributed by atoms with van der Waals surface area (Å²) in [6, 6.07) is 3.61. The van der Waals surface area contributed by atoms with E-state index in [-0.39, 0.29) is 28.5 Å². The van der Waals surface area contributed by atoms with Crippen molar-refractivity contribution in [2.24, 2.45) is 11.3 Å². The first-order valence-corrected chi connectivity index (χ1v) is 11.1. The van der Waals surface area contributed by atoms with Gasteiger partial charge in [0.15, 0.2) is 0 Å². The standard InChI is InChI=1S/C20H29N3O3.C2HF3O2/c1-14-2-3-16(18(24)21-14)19(25)22-17-12-20(17)6-8-23(9-7-20)13-15-4-10-26-11-5-15;3-2(4,5)1(6)7/h2-3,15,17H,4-13H2,1H3,(H,21,24)(H,22,25);(H,6,7). The molecule has 1 atom stereocenters. The van der Waals surface area contributed by atoms with Crippen molar-refractivity contribution in [2.75, 3.05) is 32.8 Å². The molecule has 2 aliphatic heterocycles. The molecule has 1 unspecified atom stereocenters. The van der Waals surface area contributed by atoms with Gasteiger partial charge >= 0.3 is 12.1 Å². The smallest absolute Gasteiger partial charge is 0.475 e. The van der Waals surface area contributed by atoms with Crippen molar-refractivity contribution in [1.29, 1.82) is 0 Å². The Morgan fingerprint density at radius 1 is 1.24 bits per heavy atom. The summed E-state index contributed by atoms with van der Waals surface area (Å²) < 4.78 is 37.2. The maximum absolute atomic E-state index is 12.4. The molecule has 1 amide bonds. The number of pyridine rings is 1. The maximum atomic E-state index is 12.4. The van der Waals surface area contributed by atoms with E-state index >= 15 is 0 Å². The van der Waals surface area contributed by atoms with Crippen LogP contribution in [0.5, 0.6) is 0 Å². The minimum atomic E-state index is -5.08. The number of nitrogens with one attached hydrogen (secondary N) is 2. The van der Waals surface area contributed by atoms with E-state index in [0.717, 1.165) is 57.2 Å². The predicted molar refractivity (Wildman–Crippen MR) is 113 cm³/mol. The number of carboxylic acid groups (broad SMARTS) is 1. The Morgan fingerprint density at radius 3 is 2.39 bits per heavy atom. The van der Waals surface area contributed by atoms with Crippen LogP contribution in [-0.4, -0.2) is 71.9 Å². The molecule has 11 heteroatoms. The molecule has 2 saturated heterocycles. The summed E-state index contributed by atoms with van der Waals surface area (Å²) in [5.74, 6) is -2.22. The quantitative estimate of drug-likeness (QED) is 0.619. The van der Waals surface area contributed by atoms with E-state index in [4.69, 9.17) is 14.6 Å². The fraction of sp³-hybridized carbons (Fsp3) is 0.682. The van der Waals surface area contributed by atoms with E-state index in [1.165, 1.54) is 19.4 Å². The van der Waals surface area contributed by atoms with Crippen LogP contribution in [-0.2, 0) is 9.53 Å². The van der Waals surface area contributed by atoms with E-state index in [1.54, 1.807) is 12.1 Å². The summed E-state index contributed by atoms with van der Waals surface area (Å²) >= 11 is 0. The Morgan fingerprint density at radius 2 is 1.85 bits per heavy atom. The van der Waals surface area contributed by atoms with Crippen LogP contribution in [0.3, 0.4) is 0 Å². The number of likely N-dealkylation sites (tertiary alicyclic amines) is 1. The first-order chi connectivity index (χ1) is 15.5. The number of nitrogens with zero attached hydrogens (tertiary/aromatic N) is 1. The highest BCUT2D eigenvalue weighted by Crippen LogP contribution is 2.54. The first kappa shape index (κ1) is 25.2. The monoisotopic (exact) mass is 473 g/mol. The predicted octanol–water partition coefficient (Wildman–Crippen LogP) is 2.33. The topological polar surface area (TPSA) is 112 Å². The van der Waals surface area contributed by atoms with Crippen LogP contribution < -0.4 is 10.9 Å². The number of carbonyl (C=O) groups excluding carboxylic acids is 1. The van der Waals surface area contributed by atoms with Crippen LogP contribution in [0.1, 0.15) is 48.2 Å². The molecule has 3 fully saturated rings. The summed E-state index contributed by atoms with van der Waals surface area (Å²) in [7, 11) is 0. The Bertz CT molecular complexity index is 903. The third-order valence-corrected chi connectivity index (χ3v) is 6.75. The Balaban J connectivity index is 0.000000383. The number of hydrogen-bond acceptors (Lipinski definition) is 5. The zero-order chi connectivity index (χ0) is 24.2. The number of piperidine rings is 1. The molecule has 1 spiro atoms. The van der Waals surface area contributed by atoms with Gasteiger partial charge in [-0.2, -0.15) is 13.2 Å². The minimum Gasteiger partial charge on any atom is -0.475 e. The molecule has 0 radical (unpaired) electrons. The van der Waals surface area contributed by atoms with Gasteiger partial charge in [0.25, 0.3) is 11.5 Å². The van der Waals surface area contributed by atoms with Gasteiger partial charge in [0.1, 0.15) is 5.56 Å². The van der Waals surface area contributed by atoms with Gasteiger partial charge in [-0.15, -0.1) is 0 Å². The van der Waals surface area contributed by atoms with E-state index in [9.17, 15) is 22.8 Å². The SMILES string of the molecule is Cc1ccc(C(=O)NC2CC23CCN(CC2CCOCC2)CC3)c(=O)[nH]1.O=C(O)C(F)(F)F. The molecule has 1 aromatic rings. The zero-order valence-electron chi connectivity index (χ0n) is 18.5. The van der Waals surface area contributed by atoms with Crippen LogP contribution in [0.4, 0.5) is 13.2 Å². The van der Waals surface area contributed by atoms with Crippen molar-refractivity contribution in [3.05, 3.63) is 33.7 Å². The molecule has 1 aliphatic carbocycles. The van der Waals surface area contributed by atoms with Crippen LogP contribution in [0, 0.1) is 18.3 Å². The third kappa shape index (κ3) is 6.80. The van der Waals surface area contributed by atoms with E-state index < -0.39 is 12.1 Å². The highest BCUT2D eigenvalue weighted by atomic mass is 19.4. The van der Waals surface area contributed by atoms with Gasteiger partial charge < -0.3 is 25.0 Å². The third-order valence-electron chi connectivity index (χ3n) is 6.75. The lowest BCUT2D eigenvalue weighted by Crippen LogP contribution is -2.42. The van der Waals surface area contributed by atoms with E-state index in [0.29, 0.717) is 0 Å². The number of aliphatic carboxylic acids is 1. The van der Waals surface area contributed by atoms with Crippen LogP contribution in [0.2, 0.25) is 0 Å². The van der Waals surface area contributed by atoms with Crippen LogP contribution in [0.15, 0.2) is 16.9 Å². The van der Waals surface area contributed by atoms with Gasteiger partial charge in [-0.25, -0.2) is 4.79 Å². The molecular weight excluding hydrogens is 443 g/mol. The number of aryl methyl sites for hydroxylation is 1. The number of hydrogen-bond donors (Lipinski definition) is 3. The summed E-state index contributed by atoms with van der Waals surface area (Å²) in [4.78, 5) is 38.6. The molecule has 33 heavy (non-hydrogen) atoms. The van der Waals surface area contributed by atoms with Crippen molar-refractivity contribution in [2.45, 2.75) is 51.2 Å². The number of alkyl halides is 3. The molecule has 8 nitrogen and oxygen atoms in total. The highest BCUT2D eigenvalue weighted by Gasteiger charge is 2.55. The van der Waals surface area contributed by atoms with Crippen LogP contribution >= 0.6 is 0 Å². The van der Waals surface area contributed by atoms with Crippen molar-refractivity contribution in [3.63, 3.8) is 0 Å². The fourth-order valence-corrected chi connectivity index (χ4v) is 4.57. The average Bonchev–Trinajstić information content (AvgIpc) is 3.41. The second kappa shape index (κ2) is 10.3. The minimum absolute atomic E-state index is 0.217. The summed E-state index contributed by atoms with van der Waals surface area (Å²) in [5, 5.41) is 10.2. The van der Waals surface area contributed by atoms with Crippen molar-refractivity contribution < 1.29 is 32.6 Å². The number of aromatic amines is 1. The Labute approximate surface area is 189 Å². The molecule has 184 valence electrons. The van der Waals surface area contributed by atoms with E-state index in [2.05, 4.69) is 15.2 Å². The van der Waals surface area contributed by atoms with Crippen molar-refractivity contribution >= 4 is 11.9 Å². The molecule has 3 heterocycles. The molecule has 3 aliphatic rings. The second-order valence-corrected chi connectivity index (χ2v) is 9.14. The molecule has 1 aromatic heterocycles. The van der Waals surface area contributed by atoms with Crippen LogP contribution in [0.25, 0.3) is 0 Å². The number of amides is 1. The molecule has 1 saturated carbocycles. The molecule has 0 bridgehead atoms. The summed E-state index contributed by atoms with van der Waals surface area (Å²) in [5.41, 5.74) is 0.948. The van der Waals surface area contributed by atoms with Gasteiger partial charge in [0.2, 0.25) is 0 Å². The van der Waals surface area contributed by atoms with Gasteiger partial charge in [0, 0.05) is 31.5 Å². The van der Waals surface area contributed by atoms with Gasteiger partial charge in [-0.3, -0.25) is 9.59 Å². The largest absolute Gasteiger partial charge is 0.490 e. The van der Waals surface area contributed by atoms with Gasteiger partial charge in [-0.1, -0.05) is 0 Å². The average molecular weight is 473 g/mol. The van der Waals surface area contributed by atoms with Gasteiger partial charge in [-0.05, 0) is 75.6 Å². The summed E-state index contributed by atoms with van der Waals surface area (Å²) in [6.07, 6.45) is 0.626. The van der Waals surface area contributed by atoms with Crippen molar-refractivity contribution in [3.8, 4) is 0 Å². The normalized spacial score (nSPS) is 22.8. The number of ether oxygens (including phenoxy) is 1. The first-order valence-electron chi connectivity index (χ1n) is 11.1. The lowest BCUT2D eigenvalue weighted by Gasteiger charge is -2.36. The fourth-order valence-electron chi connectivity index (χ4n) is 4.57. The van der Waals surface area contributed by atoms with E-state index in [1.807, 2.05) is 6.92 Å². The van der Waals surface area contributed by atoms with Crippen molar-refractivity contribution in [1.82, 2.24) is 15.2 Å². The number of H-pyrrole nitrogens is 1. The number of rotatable bonds is 4. The highest BCUT2D eigenvalue weighted by molar-refractivity contribution is 5.94. The molecular formula is C22H30F3N3O5.